The summed E-state index contributed by atoms with van der Waals surface area (Å²) in [5.74, 6) is 0.416. The lowest BCUT2D eigenvalue weighted by atomic mass is 9.99. The lowest BCUT2D eigenvalue weighted by Gasteiger charge is -2.16. The number of hydrogen-bond donors (Lipinski definition) is 2. The summed E-state index contributed by atoms with van der Waals surface area (Å²) in [6.45, 7) is 3.54. The number of nitrogens with zero attached hydrogens (tertiary/aromatic N) is 1. The van der Waals surface area contributed by atoms with Crippen LogP contribution >= 0.6 is 0 Å². The molecule has 116 valence electrons. The second kappa shape index (κ2) is 8.80. The molecule has 1 aromatic carbocycles. The van der Waals surface area contributed by atoms with E-state index in [0.717, 1.165) is 25.8 Å². The van der Waals surface area contributed by atoms with Gasteiger partial charge >= 0.3 is 0 Å². The van der Waals surface area contributed by atoms with Gasteiger partial charge in [0.1, 0.15) is 0 Å². The Morgan fingerprint density at radius 1 is 1.19 bits per heavy atom. The zero-order valence-corrected chi connectivity index (χ0v) is 12.6. The molecule has 1 fully saturated rings. The average molecular weight is 290 g/mol. The molecule has 1 aliphatic heterocycles. The van der Waals surface area contributed by atoms with Crippen LogP contribution in [0.15, 0.2) is 30.3 Å². The topological polar surface area (TPSA) is 52.6 Å². The van der Waals surface area contributed by atoms with Crippen molar-refractivity contribution in [2.24, 2.45) is 0 Å². The fourth-order valence-corrected chi connectivity index (χ4v) is 3.06. The van der Waals surface area contributed by atoms with Gasteiger partial charge in [0.25, 0.3) is 0 Å². The van der Waals surface area contributed by atoms with E-state index in [1.165, 1.54) is 31.5 Å². The van der Waals surface area contributed by atoms with Gasteiger partial charge in [-0.15, -0.1) is 0 Å². The summed E-state index contributed by atoms with van der Waals surface area (Å²) in [4.78, 5) is 13.4. The van der Waals surface area contributed by atoms with E-state index in [-0.39, 0.29) is 5.91 Å². The molecule has 0 radical (unpaired) electrons. The molecule has 1 saturated heterocycles. The number of amides is 1. The predicted molar refractivity (Wildman–Crippen MR) is 83.3 cm³/mol. The Bertz CT molecular complexity index is 422. The third-order valence-corrected chi connectivity index (χ3v) is 4.30. The van der Waals surface area contributed by atoms with Gasteiger partial charge in [0.2, 0.25) is 5.91 Å². The first-order valence-electron chi connectivity index (χ1n) is 8.00. The van der Waals surface area contributed by atoms with Crippen LogP contribution in [0, 0.1) is 0 Å². The summed E-state index contributed by atoms with van der Waals surface area (Å²) in [5, 5.41) is 8.39. The summed E-state index contributed by atoms with van der Waals surface area (Å²) >= 11 is 0. The zero-order valence-electron chi connectivity index (χ0n) is 12.6. The third-order valence-electron chi connectivity index (χ3n) is 4.30. The van der Waals surface area contributed by atoms with Gasteiger partial charge < -0.3 is 4.90 Å². The van der Waals surface area contributed by atoms with Gasteiger partial charge in [-0.3, -0.25) is 10.0 Å². The number of unbranched alkanes of at least 4 members (excludes halogenated alkanes) is 3. The number of hydrogen-bond acceptors (Lipinski definition) is 3. The average Bonchev–Trinajstić information content (AvgIpc) is 3.00. The molecule has 2 rings (SSSR count). The van der Waals surface area contributed by atoms with Crippen LogP contribution in [0.4, 0.5) is 0 Å². The molecule has 1 amide bonds. The van der Waals surface area contributed by atoms with Gasteiger partial charge in [0.05, 0.1) is 0 Å². The molecule has 0 bridgehead atoms. The largest absolute Gasteiger partial charge is 0.303 e. The Morgan fingerprint density at radius 2 is 1.95 bits per heavy atom. The van der Waals surface area contributed by atoms with E-state index >= 15 is 0 Å². The fraction of sp³-hybridized carbons (Fsp3) is 0.588. The van der Waals surface area contributed by atoms with Gasteiger partial charge in [0.15, 0.2) is 0 Å². The minimum atomic E-state index is -0.278. The molecule has 1 unspecified atom stereocenters. The molecule has 4 nitrogen and oxygen atoms in total. The van der Waals surface area contributed by atoms with Crippen LogP contribution in [0.2, 0.25) is 0 Å². The van der Waals surface area contributed by atoms with Crippen molar-refractivity contribution in [2.75, 3.05) is 19.6 Å². The number of hydroxylamine groups is 1. The molecule has 21 heavy (non-hydrogen) atoms. The number of benzene rings is 1. The molecule has 1 aromatic rings. The first-order valence-corrected chi connectivity index (χ1v) is 8.00. The molecular weight excluding hydrogens is 264 g/mol. The fourth-order valence-electron chi connectivity index (χ4n) is 3.06. The highest BCUT2D eigenvalue weighted by atomic mass is 16.5. The maximum absolute atomic E-state index is 10.9. The van der Waals surface area contributed by atoms with Crippen LogP contribution in [-0.2, 0) is 4.79 Å². The van der Waals surface area contributed by atoms with Crippen molar-refractivity contribution >= 4 is 5.91 Å². The number of rotatable bonds is 8. The molecule has 0 saturated carbocycles. The normalized spacial score (nSPS) is 18.8. The van der Waals surface area contributed by atoms with E-state index in [0.29, 0.717) is 12.3 Å². The van der Waals surface area contributed by atoms with Crippen LogP contribution in [0.5, 0.6) is 0 Å². The summed E-state index contributed by atoms with van der Waals surface area (Å²) in [6, 6.07) is 10.8. The SMILES string of the molecule is O=C(CCCCCCN1CCC(c2ccccc2)C1)NO. The van der Waals surface area contributed by atoms with Crippen molar-refractivity contribution in [3.63, 3.8) is 0 Å². The Kier molecular flexibility index (Phi) is 6.70. The maximum atomic E-state index is 10.9. The van der Waals surface area contributed by atoms with Gasteiger partial charge in [-0.1, -0.05) is 43.2 Å². The van der Waals surface area contributed by atoms with Crippen LogP contribution in [0.25, 0.3) is 0 Å². The summed E-state index contributed by atoms with van der Waals surface area (Å²) < 4.78 is 0. The van der Waals surface area contributed by atoms with E-state index in [4.69, 9.17) is 5.21 Å². The third kappa shape index (κ3) is 5.48. The number of likely N-dealkylation sites (tertiary alicyclic amines) is 1. The van der Waals surface area contributed by atoms with E-state index in [1.807, 2.05) is 0 Å². The molecular formula is C17H26N2O2. The Balaban J connectivity index is 1.56. The summed E-state index contributed by atoms with van der Waals surface area (Å²) in [5.41, 5.74) is 3.14. The molecule has 4 heteroatoms. The Labute approximate surface area is 127 Å². The predicted octanol–water partition coefficient (Wildman–Crippen LogP) is 2.93. The molecule has 0 aromatic heterocycles. The van der Waals surface area contributed by atoms with Gasteiger partial charge in [-0.25, -0.2) is 5.48 Å². The highest BCUT2D eigenvalue weighted by Crippen LogP contribution is 2.27. The number of carbonyl (C=O) groups excluding carboxylic acids is 1. The van der Waals surface area contributed by atoms with Crippen molar-refractivity contribution in [2.45, 2.75) is 44.4 Å². The van der Waals surface area contributed by atoms with Crippen molar-refractivity contribution in [1.82, 2.24) is 10.4 Å². The van der Waals surface area contributed by atoms with Gasteiger partial charge in [-0.05, 0) is 43.8 Å². The number of carbonyl (C=O) groups is 1. The zero-order chi connectivity index (χ0) is 14.9. The molecule has 1 aliphatic rings. The Hall–Kier alpha value is -1.39. The van der Waals surface area contributed by atoms with Gasteiger partial charge in [0, 0.05) is 13.0 Å². The van der Waals surface area contributed by atoms with Crippen LogP contribution in [0.3, 0.4) is 0 Å². The van der Waals surface area contributed by atoms with Crippen molar-refractivity contribution in [3.05, 3.63) is 35.9 Å². The monoisotopic (exact) mass is 290 g/mol. The first-order chi connectivity index (χ1) is 10.3. The first kappa shape index (κ1) is 16.0. The van der Waals surface area contributed by atoms with E-state index in [9.17, 15) is 4.79 Å². The summed E-state index contributed by atoms with van der Waals surface area (Å²) in [6.07, 6.45) is 5.97. The second-order valence-electron chi connectivity index (χ2n) is 5.90. The summed E-state index contributed by atoms with van der Waals surface area (Å²) in [7, 11) is 0. The highest BCUT2D eigenvalue weighted by Gasteiger charge is 2.22. The smallest absolute Gasteiger partial charge is 0.243 e. The van der Waals surface area contributed by atoms with E-state index in [2.05, 4.69) is 35.2 Å². The van der Waals surface area contributed by atoms with Crippen LogP contribution in [-0.4, -0.2) is 35.6 Å². The highest BCUT2D eigenvalue weighted by molar-refractivity contribution is 5.74. The minimum Gasteiger partial charge on any atom is -0.303 e. The van der Waals surface area contributed by atoms with Crippen molar-refractivity contribution in [3.8, 4) is 0 Å². The minimum absolute atomic E-state index is 0.278. The van der Waals surface area contributed by atoms with E-state index < -0.39 is 0 Å². The standard InChI is InChI=1S/C17H26N2O2/c20-17(18-21)10-6-1-2-7-12-19-13-11-16(14-19)15-8-4-3-5-9-15/h3-5,8-9,16,21H,1-2,6-7,10-14H2,(H,18,20). The Morgan fingerprint density at radius 3 is 2.71 bits per heavy atom. The second-order valence-corrected chi connectivity index (χ2v) is 5.90. The maximum Gasteiger partial charge on any atom is 0.243 e. The van der Waals surface area contributed by atoms with Crippen LogP contribution in [0.1, 0.15) is 50.0 Å². The van der Waals surface area contributed by atoms with Crippen molar-refractivity contribution < 1.29 is 10.0 Å². The molecule has 0 aliphatic carbocycles. The lowest BCUT2D eigenvalue weighted by Crippen LogP contribution is -2.21. The number of nitrogens with one attached hydrogen (secondary N) is 1. The molecule has 1 heterocycles. The lowest BCUT2D eigenvalue weighted by molar-refractivity contribution is -0.129. The van der Waals surface area contributed by atoms with Crippen molar-refractivity contribution in [1.29, 1.82) is 0 Å². The van der Waals surface area contributed by atoms with E-state index in [1.54, 1.807) is 5.48 Å². The molecule has 0 spiro atoms. The van der Waals surface area contributed by atoms with Gasteiger partial charge in [-0.2, -0.15) is 0 Å². The molecule has 1 atom stereocenters. The quantitative estimate of drug-likeness (QED) is 0.440. The molecule has 2 N–H and O–H groups in total. The van der Waals surface area contributed by atoms with Crippen LogP contribution < -0.4 is 5.48 Å².